The number of ether oxygens (including phenoxy) is 2. The summed E-state index contributed by atoms with van der Waals surface area (Å²) in [5.41, 5.74) is 3.36. The lowest BCUT2D eigenvalue weighted by Gasteiger charge is -2.16. The third kappa shape index (κ3) is 6.27. The van der Waals surface area contributed by atoms with Crippen LogP contribution in [0.3, 0.4) is 0 Å². The molecule has 3 rings (SSSR count). The fourth-order valence-electron chi connectivity index (χ4n) is 2.71. The van der Waals surface area contributed by atoms with Crippen molar-refractivity contribution in [3.05, 3.63) is 89.7 Å². The van der Waals surface area contributed by atoms with Crippen LogP contribution in [0.5, 0.6) is 11.5 Å². The lowest BCUT2D eigenvalue weighted by Crippen LogP contribution is -2.14. The zero-order valence-electron chi connectivity index (χ0n) is 15.4. The van der Waals surface area contributed by atoms with Gasteiger partial charge in [0.15, 0.2) is 11.5 Å². The molecule has 0 aliphatic carbocycles. The second kappa shape index (κ2) is 11.2. The smallest absolute Gasteiger partial charge is 0.166 e. The van der Waals surface area contributed by atoms with Crippen LogP contribution in [-0.4, -0.2) is 11.6 Å². The summed E-state index contributed by atoms with van der Waals surface area (Å²) < 4.78 is 11.9. The minimum atomic E-state index is 0. The molecule has 2 aromatic carbocycles. The van der Waals surface area contributed by atoms with Gasteiger partial charge in [-0.25, -0.2) is 0 Å². The number of halogens is 1. The Bertz CT molecular complexity index is 798. The lowest BCUT2D eigenvalue weighted by molar-refractivity contribution is 0.266. The van der Waals surface area contributed by atoms with Crippen LogP contribution in [-0.2, 0) is 19.7 Å². The Hall–Kier alpha value is -2.56. The summed E-state index contributed by atoms with van der Waals surface area (Å²) in [6.45, 7) is 4.55. The van der Waals surface area contributed by atoms with Gasteiger partial charge in [0.05, 0.1) is 6.61 Å². The highest BCUT2D eigenvalue weighted by Gasteiger charge is 2.11. The fourth-order valence-corrected chi connectivity index (χ4v) is 2.71. The molecule has 0 fully saturated rings. The van der Waals surface area contributed by atoms with Gasteiger partial charge in [-0.15, -0.1) is 12.4 Å². The van der Waals surface area contributed by atoms with Crippen molar-refractivity contribution in [2.75, 3.05) is 6.61 Å². The molecule has 1 aromatic heterocycles. The number of nitrogens with one attached hydrogen (secondary N) is 1. The van der Waals surface area contributed by atoms with E-state index < -0.39 is 0 Å². The second-order valence-electron chi connectivity index (χ2n) is 5.92. The number of para-hydroxylation sites is 1. The standard InChI is InChI=1S/C22H24N2O2.ClH/c1-2-25-21-12-6-11-20(16-24-15-19-10-7-13-23-14-19)22(21)26-17-18-8-4-3-5-9-18;/h3-14,24H,2,15-17H2,1H3;1H. The van der Waals surface area contributed by atoms with E-state index in [0.29, 0.717) is 19.8 Å². The predicted molar refractivity (Wildman–Crippen MR) is 110 cm³/mol. The van der Waals surface area contributed by atoms with Gasteiger partial charge in [0, 0.05) is 31.0 Å². The van der Waals surface area contributed by atoms with Crippen LogP contribution >= 0.6 is 12.4 Å². The lowest BCUT2D eigenvalue weighted by atomic mass is 10.1. The summed E-state index contributed by atoms with van der Waals surface area (Å²) in [6, 6.07) is 20.2. The molecule has 5 heteroatoms. The van der Waals surface area contributed by atoms with Crippen LogP contribution < -0.4 is 14.8 Å². The van der Waals surface area contributed by atoms with Gasteiger partial charge in [0.25, 0.3) is 0 Å². The van der Waals surface area contributed by atoms with Gasteiger partial charge in [-0.2, -0.15) is 0 Å². The summed E-state index contributed by atoms with van der Waals surface area (Å²) in [4.78, 5) is 4.14. The highest BCUT2D eigenvalue weighted by atomic mass is 35.5. The molecule has 1 heterocycles. The third-order valence-electron chi connectivity index (χ3n) is 3.95. The van der Waals surface area contributed by atoms with E-state index in [1.807, 2.05) is 49.5 Å². The molecule has 142 valence electrons. The van der Waals surface area contributed by atoms with Crippen molar-refractivity contribution in [3.63, 3.8) is 0 Å². The first-order valence-corrected chi connectivity index (χ1v) is 8.88. The molecule has 0 spiro atoms. The maximum Gasteiger partial charge on any atom is 0.166 e. The number of nitrogens with zero attached hydrogens (tertiary/aromatic N) is 1. The quantitative estimate of drug-likeness (QED) is 0.577. The Morgan fingerprint density at radius 2 is 1.67 bits per heavy atom. The summed E-state index contributed by atoms with van der Waals surface area (Å²) in [6.07, 6.45) is 3.65. The van der Waals surface area contributed by atoms with Crippen molar-refractivity contribution in [2.24, 2.45) is 0 Å². The van der Waals surface area contributed by atoms with E-state index in [0.717, 1.165) is 34.7 Å². The van der Waals surface area contributed by atoms with Gasteiger partial charge >= 0.3 is 0 Å². The number of hydrogen-bond donors (Lipinski definition) is 1. The first-order valence-electron chi connectivity index (χ1n) is 8.88. The van der Waals surface area contributed by atoms with Crippen LogP contribution in [0.1, 0.15) is 23.6 Å². The predicted octanol–water partition coefficient (Wildman–Crippen LogP) is 4.77. The van der Waals surface area contributed by atoms with Crippen molar-refractivity contribution in [3.8, 4) is 11.5 Å². The Balaban J connectivity index is 0.00000261. The zero-order valence-corrected chi connectivity index (χ0v) is 16.2. The van der Waals surface area contributed by atoms with Gasteiger partial charge < -0.3 is 14.8 Å². The van der Waals surface area contributed by atoms with Crippen LogP contribution in [0, 0.1) is 0 Å². The molecule has 0 saturated carbocycles. The molecule has 0 saturated heterocycles. The normalized spacial score (nSPS) is 10.1. The van der Waals surface area contributed by atoms with Crippen molar-refractivity contribution in [1.29, 1.82) is 0 Å². The molecule has 0 unspecified atom stereocenters. The Morgan fingerprint density at radius 1 is 0.852 bits per heavy atom. The minimum Gasteiger partial charge on any atom is -0.490 e. The van der Waals surface area contributed by atoms with E-state index in [9.17, 15) is 0 Å². The van der Waals surface area contributed by atoms with E-state index in [1.165, 1.54) is 0 Å². The van der Waals surface area contributed by atoms with E-state index in [-0.39, 0.29) is 12.4 Å². The van der Waals surface area contributed by atoms with E-state index in [4.69, 9.17) is 9.47 Å². The van der Waals surface area contributed by atoms with Gasteiger partial charge in [-0.1, -0.05) is 48.5 Å². The van der Waals surface area contributed by atoms with Gasteiger partial charge in [-0.05, 0) is 30.2 Å². The highest BCUT2D eigenvalue weighted by Crippen LogP contribution is 2.32. The Kier molecular flexibility index (Phi) is 8.62. The van der Waals surface area contributed by atoms with E-state index in [2.05, 4.69) is 34.6 Å². The van der Waals surface area contributed by atoms with Crippen molar-refractivity contribution >= 4 is 12.4 Å². The SMILES string of the molecule is CCOc1cccc(CNCc2cccnc2)c1OCc1ccccc1.Cl. The minimum absolute atomic E-state index is 0. The van der Waals surface area contributed by atoms with E-state index in [1.54, 1.807) is 6.20 Å². The zero-order chi connectivity index (χ0) is 18.0. The maximum absolute atomic E-state index is 6.13. The second-order valence-corrected chi connectivity index (χ2v) is 5.92. The summed E-state index contributed by atoms with van der Waals surface area (Å²) in [5, 5.41) is 3.45. The van der Waals surface area contributed by atoms with Crippen molar-refractivity contribution in [1.82, 2.24) is 10.3 Å². The largest absolute Gasteiger partial charge is 0.490 e. The molecule has 0 aliphatic rings. The summed E-state index contributed by atoms with van der Waals surface area (Å²) in [7, 11) is 0. The third-order valence-corrected chi connectivity index (χ3v) is 3.95. The average molecular weight is 385 g/mol. The molecule has 27 heavy (non-hydrogen) atoms. The summed E-state index contributed by atoms with van der Waals surface area (Å²) in [5.74, 6) is 1.58. The number of hydrogen-bond acceptors (Lipinski definition) is 4. The molecular formula is C22H25ClN2O2. The van der Waals surface area contributed by atoms with Crippen LogP contribution in [0.2, 0.25) is 0 Å². The van der Waals surface area contributed by atoms with Crippen molar-refractivity contribution < 1.29 is 9.47 Å². The van der Waals surface area contributed by atoms with Gasteiger partial charge in [0.2, 0.25) is 0 Å². The van der Waals surface area contributed by atoms with Gasteiger partial charge in [-0.3, -0.25) is 4.98 Å². The number of aromatic nitrogens is 1. The molecule has 0 aliphatic heterocycles. The molecule has 0 atom stereocenters. The number of benzene rings is 2. The van der Waals surface area contributed by atoms with Crippen LogP contribution in [0.25, 0.3) is 0 Å². The molecular weight excluding hydrogens is 360 g/mol. The molecule has 0 radical (unpaired) electrons. The Labute approximate surface area is 167 Å². The molecule has 1 N–H and O–H groups in total. The van der Waals surface area contributed by atoms with Crippen LogP contribution in [0.15, 0.2) is 73.1 Å². The van der Waals surface area contributed by atoms with E-state index >= 15 is 0 Å². The first kappa shape index (κ1) is 20.7. The van der Waals surface area contributed by atoms with Crippen LogP contribution in [0.4, 0.5) is 0 Å². The molecule has 3 aromatic rings. The summed E-state index contributed by atoms with van der Waals surface area (Å²) >= 11 is 0. The van der Waals surface area contributed by atoms with Gasteiger partial charge in [0.1, 0.15) is 6.61 Å². The molecule has 0 bridgehead atoms. The monoisotopic (exact) mass is 384 g/mol. The first-order chi connectivity index (χ1) is 12.9. The topological polar surface area (TPSA) is 43.4 Å². The molecule has 0 amide bonds. The fraction of sp³-hybridized carbons (Fsp3) is 0.227. The maximum atomic E-state index is 6.13. The number of rotatable bonds is 9. The Morgan fingerprint density at radius 3 is 2.41 bits per heavy atom. The number of pyridine rings is 1. The molecule has 4 nitrogen and oxygen atoms in total. The van der Waals surface area contributed by atoms with Crippen molar-refractivity contribution in [2.45, 2.75) is 26.6 Å². The average Bonchev–Trinajstić information content (AvgIpc) is 2.69. The highest BCUT2D eigenvalue weighted by molar-refractivity contribution is 5.85.